The number of thioether (sulfide) groups is 1. The largest absolute Gasteiger partial charge is 0.325 e. The fourth-order valence-electron chi connectivity index (χ4n) is 3.24. The van der Waals surface area contributed by atoms with Crippen molar-refractivity contribution in [1.29, 1.82) is 5.26 Å². The van der Waals surface area contributed by atoms with E-state index in [4.69, 9.17) is 11.6 Å². The quantitative estimate of drug-likeness (QED) is 0.729. The molecule has 0 bridgehead atoms. The van der Waals surface area contributed by atoms with Crippen LogP contribution in [0.25, 0.3) is 0 Å². The molecule has 1 heterocycles. The highest BCUT2D eigenvalue weighted by atomic mass is 35.5. The Bertz CT molecular complexity index is 1010. The van der Waals surface area contributed by atoms with Crippen molar-refractivity contribution in [2.75, 3.05) is 11.1 Å². The Hall–Kier alpha value is -2.75. The molecule has 1 aliphatic heterocycles. The third-order valence-electron chi connectivity index (χ3n) is 4.72. The Labute approximate surface area is 179 Å². The van der Waals surface area contributed by atoms with Gasteiger partial charge in [0.15, 0.2) is 0 Å². The van der Waals surface area contributed by atoms with Crippen LogP contribution in [0.3, 0.4) is 0 Å². The molecule has 2 N–H and O–H groups in total. The molecule has 0 saturated heterocycles. The molecule has 0 aromatic heterocycles. The van der Waals surface area contributed by atoms with Crippen LogP contribution in [0.15, 0.2) is 53.1 Å². The summed E-state index contributed by atoms with van der Waals surface area (Å²) in [5, 5.41) is 16.4. The summed E-state index contributed by atoms with van der Waals surface area (Å²) in [5.41, 5.74) is 4.05. The van der Waals surface area contributed by atoms with Crippen molar-refractivity contribution in [2.24, 2.45) is 0 Å². The molecule has 5 nitrogen and oxygen atoms in total. The van der Waals surface area contributed by atoms with Crippen LogP contribution in [0.2, 0.25) is 5.02 Å². The van der Waals surface area contributed by atoms with Crippen LogP contribution in [-0.4, -0.2) is 17.6 Å². The Morgan fingerprint density at radius 2 is 1.90 bits per heavy atom. The van der Waals surface area contributed by atoms with Gasteiger partial charge in [0.05, 0.1) is 22.4 Å². The number of nitriles is 1. The SMILES string of the molecule is Cc1cccc(C)c1NC(=O)CSC1=C(C#N)[C@@H](c2ccc(Cl)cc2)CC(=O)N1. The van der Waals surface area contributed by atoms with Gasteiger partial charge in [0.1, 0.15) is 0 Å². The van der Waals surface area contributed by atoms with Crippen molar-refractivity contribution >= 4 is 40.9 Å². The fraction of sp³-hybridized carbons (Fsp3) is 0.227. The first kappa shape index (κ1) is 21.0. The van der Waals surface area contributed by atoms with Gasteiger partial charge in [0.25, 0.3) is 0 Å². The zero-order valence-corrected chi connectivity index (χ0v) is 17.7. The summed E-state index contributed by atoms with van der Waals surface area (Å²) in [7, 11) is 0. The van der Waals surface area contributed by atoms with Gasteiger partial charge in [-0.2, -0.15) is 5.26 Å². The number of aryl methyl sites for hydroxylation is 2. The summed E-state index contributed by atoms with van der Waals surface area (Å²) in [4.78, 5) is 24.7. The van der Waals surface area contributed by atoms with Crippen LogP contribution in [0.5, 0.6) is 0 Å². The second kappa shape index (κ2) is 9.17. The van der Waals surface area contributed by atoms with Crippen molar-refractivity contribution in [3.8, 4) is 6.07 Å². The number of allylic oxidation sites excluding steroid dienone is 1. The number of carbonyl (C=O) groups excluding carboxylic acids is 2. The van der Waals surface area contributed by atoms with Crippen LogP contribution in [0, 0.1) is 25.2 Å². The normalized spacial score (nSPS) is 16.2. The Morgan fingerprint density at radius 1 is 1.24 bits per heavy atom. The van der Waals surface area contributed by atoms with E-state index in [2.05, 4.69) is 16.7 Å². The molecule has 0 spiro atoms. The van der Waals surface area contributed by atoms with Crippen molar-refractivity contribution in [3.63, 3.8) is 0 Å². The number of benzene rings is 2. The van der Waals surface area contributed by atoms with Crippen molar-refractivity contribution in [1.82, 2.24) is 5.32 Å². The predicted molar refractivity (Wildman–Crippen MR) is 117 cm³/mol. The molecule has 0 radical (unpaired) electrons. The summed E-state index contributed by atoms with van der Waals surface area (Å²) < 4.78 is 0. The first-order chi connectivity index (χ1) is 13.9. The number of nitrogens with zero attached hydrogens (tertiary/aromatic N) is 1. The van der Waals surface area contributed by atoms with Crippen LogP contribution >= 0.6 is 23.4 Å². The molecule has 0 saturated carbocycles. The number of rotatable bonds is 5. The van der Waals surface area contributed by atoms with E-state index in [1.54, 1.807) is 12.1 Å². The molecule has 2 aromatic rings. The van der Waals surface area contributed by atoms with Crippen molar-refractivity contribution in [3.05, 3.63) is 74.8 Å². The zero-order chi connectivity index (χ0) is 21.0. The standard InChI is InChI=1S/C22H20ClN3O2S/c1-13-4-3-5-14(2)21(13)25-20(28)12-29-22-18(11-24)17(10-19(27)26-22)15-6-8-16(23)9-7-15/h3-9,17H,10,12H2,1-2H3,(H,25,28)(H,26,27)/t17-/m1/s1. The average molecular weight is 426 g/mol. The molecule has 0 unspecified atom stereocenters. The summed E-state index contributed by atoms with van der Waals surface area (Å²) in [6, 6.07) is 15.1. The number of halogens is 1. The topological polar surface area (TPSA) is 82.0 Å². The number of amides is 2. The van der Waals surface area contributed by atoms with E-state index in [1.165, 1.54) is 0 Å². The fourth-order valence-corrected chi connectivity index (χ4v) is 4.24. The lowest BCUT2D eigenvalue weighted by Crippen LogP contribution is -2.31. The molecular weight excluding hydrogens is 406 g/mol. The summed E-state index contributed by atoms with van der Waals surface area (Å²) in [5.74, 6) is -0.640. The van der Waals surface area contributed by atoms with E-state index in [0.717, 1.165) is 34.1 Å². The van der Waals surface area contributed by atoms with Crippen LogP contribution < -0.4 is 10.6 Å². The second-order valence-electron chi connectivity index (χ2n) is 6.81. The number of anilines is 1. The molecule has 0 fully saturated rings. The summed E-state index contributed by atoms with van der Waals surface area (Å²) >= 11 is 7.11. The summed E-state index contributed by atoms with van der Waals surface area (Å²) in [6.45, 7) is 3.87. The molecule has 29 heavy (non-hydrogen) atoms. The van der Waals surface area contributed by atoms with Gasteiger partial charge in [-0.1, -0.05) is 53.7 Å². The Balaban J connectivity index is 1.77. The van der Waals surface area contributed by atoms with Gasteiger partial charge in [-0.05, 0) is 42.7 Å². The molecule has 1 atom stereocenters. The van der Waals surface area contributed by atoms with E-state index in [0.29, 0.717) is 15.6 Å². The molecule has 148 valence electrons. The molecular formula is C22H20ClN3O2S. The molecule has 7 heteroatoms. The van der Waals surface area contributed by atoms with Crippen LogP contribution in [0.1, 0.15) is 29.0 Å². The molecule has 2 amide bonds. The number of carbonyl (C=O) groups is 2. The minimum atomic E-state index is -0.352. The van der Waals surface area contributed by atoms with Crippen molar-refractivity contribution in [2.45, 2.75) is 26.2 Å². The van der Waals surface area contributed by atoms with Crippen LogP contribution in [0.4, 0.5) is 5.69 Å². The monoisotopic (exact) mass is 425 g/mol. The molecule has 1 aliphatic rings. The third-order valence-corrected chi connectivity index (χ3v) is 5.99. The lowest BCUT2D eigenvalue weighted by molar-refractivity contribution is -0.121. The maximum Gasteiger partial charge on any atom is 0.234 e. The van der Waals surface area contributed by atoms with Gasteiger partial charge in [-0.15, -0.1) is 0 Å². The van der Waals surface area contributed by atoms with E-state index in [1.807, 2.05) is 44.2 Å². The molecule has 0 aliphatic carbocycles. The van der Waals surface area contributed by atoms with E-state index in [9.17, 15) is 14.9 Å². The van der Waals surface area contributed by atoms with Gasteiger partial charge < -0.3 is 10.6 Å². The minimum absolute atomic E-state index is 0.0852. The maximum atomic E-state index is 12.5. The number of hydrogen-bond acceptors (Lipinski definition) is 4. The average Bonchev–Trinajstić information content (AvgIpc) is 2.69. The highest BCUT2D eigenvalue weighted by molar-refractivity contribution is 8.03. The number of para-hydroxylation sites is 1. The van der Waals surface area contributed by atoms with Crippen molar-refractivity contribution < 1.29 is 9.59 Å². The molecule has 3 rings (SSSR count). The highest BCUT2D eigenvalue weighted by Crippen LogP contribution is 2.36. The zero-order valence-electron chi connectivity index (χ0n) is 16.1. The van der Waals surface area contributed by atoms with Gasteiger partial charge in [-0.3, -0.25) is 9.59 Å². The lowest BCUT2D eigenvalue weighted by Gasteiger charge is -2.25. The minimum Gasteiger partial charge on any atom is -0.325 e. The Morgan fingerprint density at radius 3 is 2.52 bits per heavy atom. The second-order valence-corrected chi connectivity index (χ2v) is 8.24. The third kappa shape index (κ3) is 5.00. The summed E-state index contributed by atoms with van der Waals surface area (Å²) in [6.07, 6.45) is 0.184. The predicted octanol–water partition coefficient (Wildman–Crippen LogP) is 4.67. The number of nitrogens with one attached hydrogen (secondary N) is 2. The molecule has 2 aromatic carbocycles. The maximum absolute atomic E-state index is 12.5. The van der Waals surface area contributed by atoms with E-state index >= 15 is 0 Å². The first-order valence-corrected chi connectivity index (χ1v) is 10.4. The van der Waals surface area contributed by atoms with Gasteiger partial charge in [0, 0.05) is 23.0 Å². The van der Waals surface area contributed by atoms with Gasteiger partial charge in [0.2, 0.25) is 11.8 Å². The van der Waals surface area contributed by atoms with E-state index < -0.39 is 0 Å². The smallest absolute Gasteiger partial charge is 0.234 e. The number of hydrogen-bond donors (Lipinski definition) is 2. The first-order valence-electron chi connectivity index (χ1n) is 9.07. The van der Waals surface area contributed by atoms with Gasteiger partial charge >= 0.3 is 0 Å². The highest BCUT2D eigenvalue weighted by Gasteiger charge is 2.29. The Kier molecular flexibility index (Phi) is 6.63. The van der Waals surface area contributed by atoms with E-state index in [-0.39, 0.29) is 29.9 Å². The van der Waals surface area contributed by atoms with Gasteiger partial charge in [-0.25, -0.2) is 0 Å². The van der Waals surface area contributed by atoms with Crippen LogP contribution in [-0.2, 0) is 9.59 Å². The lowest BCUT2D eigenvalue weighted by atomic mass is 9.87.